The largest absolute Gasteiger partial charge is 0.483 e. The summed E-state index contributed by atoms with van der Waals surface area (Å²) in [7, 11) is 0. The van der Waals surface area contributed by atoms with E-state index in [1.165, 1.54) is 19.3 Å². The van der Waals surface area contributed by atoms with Crippen LogP contribution in [0, 0.1) is 23.7 Å². The molecule has 1 fully saturated rings. The van der Waals surface area contributed by atoms with Gasteiger partial charge in [0.1, 0.15) is 0 Å². The zero-order valence-corrected chi connectivity index (χ0v) is 10.1. The fourth-order valence-corrected chi connectivity index (χ4v) is 3.07. The molecule has 1 saturated carbocycles. The monoisotopic (exact) mass is 226 g/mol. The van der Waals surface area contributed by atoms with Gasteiger partial charge in [-0.1, -0.05) is 18.6 Å². The number of allylic oxidation sites excluding steroid dienone is 2. The van der Waals surface area contributed by atoms with Crippen LogP contribution >= 0.6 is 0 Å². The topological polar surface area (TPSA) is 57.5 Å². The molecule has 2 N–H and O–H groups in total. The first kappa shape index (κ1) is 13.2. The molecule has 16 heavy (non-hydrogen) atoms. The summed E-state index contributed by atoms with van der Waals surface area (Å²) in [4.78, 5) is 8.36. The Morgan fingerprint density at radius 1 is 1.50 bits per heavy atom. The van der Waals surface area contributed by atoms with Crippen LogP contribution in [0.4, 0.5) is 0 Å². The molecule has 0 saturated heterocycles. The summed E-state index contributed by atoms with van der Waals surface area (Å²) in [6.45, 7) is 4.71. The van der Waals surface area contributed by atoms with Gasteiger partial charge in [0, 0.05) is 6.61 Å². The maximum Gasteiger partial charge on any atom is 0.290 e. The average Bonchev–Trinajstić information content (AvgIpc) is 2.28. The van der Waals surface area contributed by atoms with Crippen LogP contribution in [0.5, 0.6) is 0 Å². The molecule has 4 atom stereocenters. The van der Waals surface area contributed by atoms with Crippen LogP contribution in [0.1, 0.15) is 33.1 Å². The van der Waals surface area contributed by atoms with Crippen LogP contribution in [-0.2, 0) is 4.79 Å². The van der Waals surface area contributed by atoms with Gasteiger partial charge >= 0.3 is 0 Å². The van der Waals surface area contributed by atoms with E-state index in [0.29, 0.717) is 12.5 Å². The quantitative estimate of drug-likeness (QED) is 0.533. The molecule has 0 aliphatic heterocycles. The summed E-state index contributed by atoms with van der Waals surface area (Å²) < 4.78 is 0. The second kappa shape index (κ2) is 6.04. The Bertz CT molecular complexity index is 260. The highest BCUT2D eigenvalue weighted by atomic mass is 16.3. The van der Waals surface area contributed by atoms with Crippen molar-refractivity contribution >= 4 is 6.47 Å². The maximum absolute atomic E-state index is 9.28. The van der Waals surface area contributed by atoms with Crippen LogP contribution in [0.15, 0.2) is 11.6 Å². The van der Waals surface area contributed by atoms with Crippen molar-refractivity contribution in [3.05, 3.63) is 11.6 Å². The molecule has 92 valence electrons. The first-order valence-electron chi connectivity index (χ1n) is 5.99. The second-order valence-electron chi connectivity index (χ2n) is 5.02. The number of aliphatic hydroxyl groups excluding tert-OH is 1. The molecule has 0 heterocycles. The molecule has 2 aliphatic rings. The predicted octanol–water partition coefficient (Wildman–Crippen LogP) is 2.31. The molecule has 0 aromatic heterocycles. The number of fused-ring (bicyclic) bond motifs is 2. The summed E-state index contributed by atoms with van der Waals surface area (Å²) in [5.74, 6) is 2.92. The van der Waals surface area contributed by atoms with Gasteiger partial charge in [-0.2, -0.15) is 0 Å². The standard InChI is InChI=1S/C12H20O.CH2O2/c1-8-3-4-10-5-11(8)6-12(7-13)9(10)2;2-1-3/h3,9-13H,4-7H2,1-2H3;1H,(H,2,3). The van der Waals surface area contributed by atoms with E-state index in [2.05, 4.69) is 19.9 Å². The fourth-order valence-electron chi connectivity index (χ4n) is 3.07. The van der Waals surface area contributed by atoms with Crippen molar-refractivity contribution in [2.24, 2.45) is 23.7 Å². The number of carboxylic acid groups (broad SMARTS) is 1. The van der Waals surface area contributed by atoms with Crippen LogP contribution < -0.4 is 0 Å². The Kier molecular flexibility index (Phi) is 5.00. The van der Waals surface area contributed by atoms with Gasteiger partial charge in [-0.05, 0) is 49.9 Å². The SMILES string of the molecule is CC1=CCC2CC1CC(CO)C2C.O=CO. The lowest BCUT2D eigenvalue weighted by molar-refractivity contribution is -0.122. The van der Waals surface area contributed by atoms with Crippen molar-refractivity contribution in [1.82, 2.24) is 0 Å². The summed E-state index contributed by atoms with van der Waals surface area (Å²) in [6, 6.07) is 0. The first-order chi connectivity index (χ1) is 7.63. The normalized spacial score (nSPS) is 36.8. The van der Waals surface area contributed by atoms with E-state index in [1.54, 1.807) is 5.57 Å². The highest BCUT2D eigenvalue weighted by molar-refractivity contribution is 5.32. The van der Waals surface area contributed by atoms with Crippen molar-refractivity contribution in [3.63, 3.8) is 0 Å². The third-order valence-electron chi connectivity index (χ3n) is 4.28. The molecule has 0 aromatic rings. The molecule has 0 spiro atoms. The van der Waals surface area contributed by atoms with Gasteiger partial charge in [0.15, 0.2) is 0 Å². The molecule has 0 amide bonds. The first-order valence-corrected chi connectivity index (χ1v) is 5.99. The highest BCUT2D eigenvalue weighted by Gasteiger charge is 2.36. The Hall–Kier alpha value is -0.830. The van der Waals surface area contributed by atoms with E-state index in [-0.39, 0.29) is 6.47 Å². The minimum atomic E-state index is -0.250. The van der Waals surface area contributed by atoms with Crippen LogP contribution in [0.3, 0.4) is 0 Å². The third kappa shape index (κ3) is 2.85. The van der Waals surface area contributed by atoms with Crippen LogP contribution in [-0.4, -0.2) is 23.3 Å². The molecule has 2 aliphatic carbocycles. The summed E-state index contributed by atoms with van der Waals surface area (Å²) in [5.41, 5.74) is 1.57. The summed E-state index contributed by atoms with van der Waals surface area (Å²) >= 11 is 0. The average molecular weight is 226 g/mol. The summed E-state index contributed by atoms with van der Waals surface area (Å²) in [6.07, 6.45) is 6.26. The van der Waals surface area contributed by atoms with Crippen molar-refractivity contribution < 1.29 is 15.0 Å². The molecule has 4 unspecified atom stereocenters. The molecular weight excluding hydrogens is 204 g/mol. The van der Waals surface area contributed by atoms with E-state index in [9.17, 15) is 5.11 Å². The van der Waals surface area contributed by atoms with Gasteiger partial charge in [-0.25, -0.2) is 0 Å². The van der Waals surface area contributed by atoms with Crippen molar-refractivity contribution in [2.75, 3.05) is 6.61 Å². The zero-order valence-electron chi connectivity index (χ0n) is 10.1. The fraction of sp³-hybridized carbons (Fsp3) is 0.769. The number of carbonyl (C=O) groups is 1. The van der Waals surface area contributed by atoms with Crippen molar-refractivity contribution in [2.45, 2.75) is 33.1 Å². The minimum absolute atomic E-state index is 0.250. The van der Waals surface area contributed by atoms with Gasteiger partial charge in [-0.15, -0.1) is 0 Å². The second-order valence-corrected chi connectivity index (χ2v) is 5.02. The summed E-state index contributed by atoms with van der Waals surface area (Å²) in [5, 5.41) is 16.2. The lowest BCUT2D eigenvalue weighted by atomic mass is 9.63. The van der Waals surface area contributed by atoms with Crippen LogP contribution in [0.25, 0.3) is 0 Å². The number of hydrogen-bond donors (Lipinski definition) is 2. The lowest BCUT2D eigenvalue weighted by Crippen LogP contribution is -2.35. The number of aliphatic hydroxyl groups is 1. The smallest absolute Gasteiger partial charge is 0.290 e. The number of rotatable bonds is 1. The van der Waals surface area contributed by atoms with E-state index in [4.69, 9.17) is 9.90 Å². The lowest BCUT2D eigenvalue weighted by Gasteiger charge is -2.42. The molecule has 0 radical (unpaired) electrons. The Morgan fingerprint density at radius 3 is 2.69 bits per heavy atom. The third-order valence-corrected chi connectivity index (χ3v) is 4.28. The minimum Gasteiger partial charge on any atom is -0.483 e. The molecule has 2 rings (SSSR count). The molecule has 3 heteroatoms. The van der Waals surface area contributed by atoms with E-state index in [1.807, 2.05) is 0 Å². The zero-order chi connectivity index (χ0) is 12.1. The van der Waals surface area contributed by atoms with E-state index in [0.717, 1.165) is 17.8 Å². The number of hydrogen-bond acceptors (Lipinski definition) is 2. The van der Waals surface area contributed by atoms with Crippen molar-refractivity contribution in [3.8, 4) is 0 Å². The Labute approximate surface area is 97.2 Å². The Balaban J connectivity index is 0.000000386. The van der Waals surface area contributed by atoms with E-state index < -0.39 is 0 Å². The van der Waals surface area contributed by atoms with Gasteiger partial charge < -0.3 is 10.2 Å². The molecule has 2 bridgehead atoms. The van der Waals surface area contributed by atoms with Gasteiger partial charge in [0.2, 0.25) is 0 Å². The van der Waals surface area contributed by atoms with Gasteiger partial charge in [-0.3, -0.25) is 4.79 Å². The predicted molar refractivity (Wildman–Crippen MR) is 63.0 cm³/mol. The molecular formula is C13H22O3. The van der Waals surface area contributed by atoms with Crippen LogP contribution in [0.2, 0.25) is 0 Å². The Morgan fingerprint density at radius 2 is 2.12 bits per heavy atom. The van der Waals surface area contributed by atoms with E-state index >= 15 is 0 Å². The maximum atomic E-state index is 9.28. The van der Waals surface area contributed by atoms with Gasteiger partial charge in [0.25, 0.3) is 6.47 Å². The molecule has 0 aromatic carbocycles. The highest BCUT2D eigenvalue weighted by Crippen LogP contribution is 2.45. The van der Waals surface area contributed by atoms with Gasteiger partial charge in [0.05, 0.1) is 0 Å². The van der Waals surface area contributed by atoms with Crippen molar-refractivity contribution in [1.29, 1.82) is 0 Å². The molecule has 3 nitrogen and oxygen atoms in total.